The highest BCUT2D eigenvalue weighted by molar-refractivity contribution is 5.71. The van der Waals surface area contributed by atoms with Crippen LogP contribution in [0.3, 0.4) is 0 Å². The Bertz CT molecular complexity index is 628. The first kappa shape index (κ1) is 16.8. The summed E-state index contributed by atoms with van der Waals surface area (Å²) in [4.78, 5) is 0. The standard InChI is InChI=1S/C20H30N2/c1-8-9-18-19(17-11-15(6)10-16(7)12-17)20(13(2)3)22(21-18)14(4)5/h10-14H,8-9H2,1-7H3. The van der Waals surface area contributed by atoms with E-state index in [1.165, 1.54) is 33.6 Å². The molecular weight excluding hydrogens is 268 g/mol. The summed E-state index contributed by atoms with van der Waals surface area (Å²) in [7, 11) is 0. The topological polar surface area (TPSA) is 17.8 Å². The first-order valence-corrected chi connectivity index (χ1v) is 8.55. The number of hydrogen-bond acceptors (Lipinski definition) is 1. The van der Waals surface area contributed by atoms with Gasteiger partial charge in [-0.1, -0.05) is 56.5 Å². The Balaban J connectivity index is 2.75. The van der Waals surface area contributed by atoms with Gasteiger partial charge >= 0.3 is 0 Å². The molecule has 0 N–H and O–H groups in total. The van der Waals surface area contributed by atoms with Gasteiger partial charge in [0, 0.05) is 17.3 Å². The summed E-state index contributed by atoms with van der Waals surface area (Å²) in [6.07, 6.45) is 2.17. The molecule has 2 nitrogen and oxygen atoms in total. The Labute approximate surface area is 135 Å². The summed E-state index contributed by atoms with van der Waals surface area (Å²) in [6, 6.07) is 7.25. The van der Waals surface area contributed by atoms with Crippen molar-refractivity contribution in [2.24, 2.45) is 0 Å². The highest BCUT2D eigenvalue weighted by Gasteiger charge is 2.22. The molecule has 2 heteroatoms. The molecule has 0 radical (unpaired) electrons. The Morgan fingerprint density at radius 1 is 1.00 bits per heavy atom. The monoisotopic (exact) mass is 298 g/mol. The van der Waals surface area contributed by atoms with Gasteiger partial charge in [0.15, 0.2) is 0 Å². The fourth-order valence-corrected chi connectivity index (χ4v) is 3.29. The van der Waals surface area contributed by atoms with Crippen molar-refractivity contribution in [3.8, 4) is 11.1 Å². The van der Waals surface area contributed by atoms with Gasteiger partial charge in [0.2, 0.25) is 0 Å². The van der Waals surface area contributed by atoms with Crippen molar-refractivity contribution in [1.29, 1.82) is 0 Å². The molecule has 2 rings (SSSR count). The molecule has 0 unspecified atom stereocenters. The number of rotatable bonds is 5. The fourth-order valence-electron chi connectivity index (χ4n) is 3.29. The van der Waals surface area contributed by atoms with Gasteiger partial charge in [-0.15, -0.1) is 0 Å². The molecule has 1 aromatic carbocycles. The zero-order chi connectivity index (χ0) is 16.4. The molecular formula is C20H30N2. The van der Waals surface area contributed by atoms with E-state index in [1.54, 1.807) is 0 Å². The van der Waals surface area contributed by atoms with Crippen molar-refractivity contribution in [3.63, 3.8) is 0 Å². The Morgan fingerprint density at radius 3 is 2.05 bits per heavy atom. The average Bonchev–Trinajstić information content (AvgIpc) is 2.77. The lowest BCUT2D eigenvalue weighted by Gasteiger charge is -2.16. The van der Waals surface area contributed by atoms with Crippen molar-refractivity contribution < 1.29 is 0 Å². The summed E-state index contributed by atoms with van der Waals surface area (Å²) in [6.45, 7) is 15.6. The van der Waals surface area contributed by atoms with E-state index >= 15 is 0 Å². The third kappa shape index (κ3) is 3.26. The molecule has 0 bridgehead atoms. The molecule has 1 aromatic heterocycles. The van der Waals surface area contributed by atoms with E-state index in [4.69, 9.17) is 5.10 Å². The molecule has 0 spiro atoms. The lowest BCUT2D eigenvalue weighted by molar-refractivity contribution is 0.493. The molecule has 120 valence electrons. The highest BCUT2D eigenvalue weighted by atomic mass is 15.3. The van der Waals surface area contributed by atoms with Crippen LogP contribution in [0.5, 0.6) is 0 Å². The van der Waals surface area contributed by atoms with Crippen LogP contribution in [0.2, 0.25) is 0 Å². The van der Waals surface area contributed by atoms with Crippen molar-refractivity contribution in [2.75, 3.05) is 0 Å². The first-order chi connectivity index (χ1) is 10.3. The van der Waals surface area contributed by atoms with Gasteiger partial charge in [0.25, 0.3) is 0 Å². The predicted octanol–water partition coefficient (Wildman–Crippen LogP) is 5.82. The van der Waals surface area contributed by atoms with Gasteiger partial charge in [0.05, 0.1) is 5.69 Å². The highest BCUT2D eigenvalue weighted by Crippen LogP contribution is 2.35. The smallest absolute Gasteiger partial charge is 0.0706 e. The minimum absolute atomic E-state index is 0.396. The maximum Gasteiger partial charge on any atom is 0.0706 e. The maximum atomic E-state index is 4.97. The van der Waals surface area contributed by atoms with E-state index < -0.39 is 0 Å². The number of aromatic nitrogens is 2. The van der Waals surface area contributed by atoms with Crippen LogP contribution in [0.1, 0.15) is 75.5 Å². The summed E-state index contributed by atoms with van der Waals surface area (Å²) in [5, 5.41) is 4.97. The number of hydrogen-bond donors (Lipinski definition) is 0. The van der Waals surface area contributed by atoms with Gasteiger partial charge in [-0.3, -0.25) is 4.68 Å². The average molecular weight is 298 g/mol. The molecule has 0 saturated heterocycles. The zero-order valence-corrected chi connectivity index (χ0v) is 15.2. The third-order valence-corrected chi connectivity index (χ3v) is 4.05. The van der Waals surface area contributed by atoms with E-state index in [2.05, 4.69) is 71.3 Å². The molecule has 0 aliphatic heterocycles. The van der Waals surface area contributed by atoms with Crippen LogP contribution < -0.4 is 0 Å². The van der Waals surface area contributed by atoms with Crippen LogP contribution in [0.25, 0.3) is 11.1 Å². The van der Waals surface area contributed by atoms with E-state index in [1.807, 2.05) is 0 Å². The van der Waals surface area contributed by atoms with Crippen molar-refractivity contribution in [2.45, 2.75) is 73.3 Å². The summed E-state index contributed by atoms with van der Waals surface area (Å²) >= 11 is 0. The Hall–Kier alpha value is -1.57. The van der Waals surface area contributed by atoms with Gasteiger partial charge in [-0.2, -0.15) is 5.10 Å². The molecule has 2 aromatic rings. The second-order valence-electron chi connectivity index (χ2n) is 7.03. The normalized spacial score (nSPS) is 11.7. The molecule has 1 heterocycles. The maximum absolute atomic E-state index is 4.97. The molecule has 0 aliphatic rings. The molecule has 0 aliphatic carbocycles. The van der Waals surface area contributed by atoms with Crippen LogP contribution in [0.4, 0.5) is 0 Å². The van der Waals surface area contributed by atoms with Crippen LogP contribution in [0.15, 0.2) is 18.2 Å². The fraction of sp³-hybridized carbons (Fsp3) is 0.550. The van der Waals surface area contributed by atoms with E-state index in [0.717, 1.165) is 12.8 Å². The molecule has 0 atom stereocenters. The van der Waals surface area contributed by atoms with Crippen LogP contribution in [-0.2, 0) is 6.42 Å². The van der Waals surface area contributed by atoms with Crippen LogP contribution in [0, 0.1) is 13.8 Å². The number of benzene rings is 1. The Morgan fingerprint density at radius 2 is 1.59 bits per heavy atom. The molecule has 22 heavy (non-hydrogen) atoms. The van der Waals surface area contributed by atoms with Gasteiger partial charge < -0.3 is 0 Å². The molecule has 0 saturated carbocycles. The van der Waals surface area contributed by atoms with E-state index in [-0.39, 0.29) is 0 Å². The lowest BCUT2D eigenvalue weighted by atomic mass is 9.93. The minimum atomic E-state index is 0.396. The minimum Gasteiger partial charge on any atom is -0.266 e. The van der Waals surface area contributed by atoms with Crippen LogP contribution >= 0.6 is 0 Å². The van der Waals surface area contributed by atoms with Gasteiger partial charge in [0.1, 0.15) is 0 Å². The van der Waals surface area contributed by atoms with Gasteiger partial charge in [-0.25, -0.2) is 0 Å². The predicted molar refractivity (Wildman–Crippen MR) is 95.6 cm³/mol. The Kier molecular flexibility index (Phi) is 5.10. The number of aryl methyl sites for hydroxylation is 3. The van der Waals surface area contributed by atoms with Gasteiger partial charge in [-0.05, 0) is 45.6 Å². The SMILES string of the molecule is CCCc1nn(C(C)C)c(C(C)C)c1-c1cc(C)cc(C)c1. The third-order valence-electron chi connectivity index (χ3n) is 4.05. The second-order valence-corrected chi connectivity index (χ2v) is 7.03. The zero-order valence-electron chi connectivity index (χ0n) is 15.2. The summed E-state index contributed by atoms with van der Waals surface area (Å²) < 4.78 is 2.24. The van der Waals surface area contributed by atoms with E-state index in [0.29, 0.717) is 12.0 Å². The second kappa shape index (κ2) is 6.68. The van der Waals surface area contributed by atoms with Crippen molar-refractivity contribution >= 4 is 0 Å². The summed E-state index contributed by atoms with van der Waals surface area (Å²) in [5.41, 5.74) is 7.98. The number of nitrogens with zero attached hydrogens (tertiary/aromatic N) is 2. The molecule has 0 amide bonds. The summed E-state index contributed by atoms with van der Waals surface area (Å²) in [5.74, 6) is 0.469. The van der Waals surface area contributed by atoms with Crippen molar-refractivity contribution in [3.05, 3.63) is 40.7 Å². The largest absolute Gasteiger partial charge is 0.266 e. The van der Waals surface area contributed by atoms with E-state index in [9.17, 15) is 0 Å². The van der Waals surface area contributed by atoms with Crippen LogP contribution in [-0.4, -0.2) is 9.78 Å². The molecule has 0 fully saturated rings. The lowest BCUT2D eigenvalue weighted by Crippen LogP contribution is -2.09. The quantitative estimate of drug-likeness (QED) is 0.679. The van der Waals surface area contributed by atoms with Crippen molar-refractivity contribution in [1.82, 2.24) is 9.78 Å². The first-order valence-electron chi connectivity index (χ1n) is 8.55.